The van der Waals surface area contributed by atoms with Crippen molar-refractivity contribution in [2.24, 2.45) is 0 Å². The first kappa shape index (κ1) is 13.9. The summed E-state index contributed by atoms with van der Waals surface area (Å²) in [5.41, 5.74) is 1.79. The molecule has 0 aliphatic carbocycles. The van der Waals surface area contributed by atoms with Crippen molar-refractivity contribution in [2.75, 3.05) is 17.2 Å². The van der Waals surface area contributed by atoms with Crippen LogP contribution in [0.2, 0.25) is 0 Å². The molecule has 0 aliphatic heterocycles. The molecule has 0 saturated carbocycles. The van der Waals surface area contributed by atoms with E-state index in [1.807, 2.05) is 36.4 Å². The molecule has 2 N–H and O–H groups in total. The molecule has 0 radical (unpaired) electrons. The van der Waals surface area contributed by atoms with Crippen LogP contribution >= 0.6 is 0 Å². The van der Waals surface area contributed by atoms with E-state index in [4.69, 9.17) is 4.74 Å². The van der Waals surface area contributed by atoms with Crippen molar-refractivity contribution in [3.8, 4) is 0 Å². The number of nitrogens with one attached hydrogen (secondary N) is 2. The Morgan fingerprint density at radius 3 is 2.65 bits per heavy atom. The van der Waals surface area contributed by atoms with Gasteiger partial charge in [0.2, 0.25) is 0 Å². The van der Waals surface area contributed by atoms with E-state index in [1.54, 1.807) is 19.2 Å². The maximum absolute atomic E-state index is 11.2. The Morgan fingerprint density at radius 2 is 2.00 bits per heavy atom. The van der Waals surface area contributed by atoms with E-state index in [-0.39, 0.29) is 0 Å². The van der Waals surface area contributed by atoms with Gasteiger partial charge in [-0.15, -0.1) is 0 Å². The van der Waals surface area contributed by atoms with Crippen LogP contribution in [0.15, 0.2) is 48.7 Å². The standard InChI is InChI=1S/C15H17N3O2/c1-2-20-15(19)18-13-8-9-14(17-11-13)16-10-12-6-4-3-5-7-12/h3-9,11H,2,10H2,1H3,(H,16,17)(H,18,19). The highest BCUT2D eigenvalue weighted by Gasteiger charge is 2.02. The number of hydrogen-bond donors (Lipinski definition) is 2. The van der Waals surface area contributed by atoms with Gasteiger partial charge < -0.3 is 10.1 Å². The Labute approximate surface area is 118 Å². The smallest absolute Gasteiger partial charge is 0.411 e. The van der Waals surface area contributed by atoms with E-state index in [1.165, 1.54) is 5.56 Å². The van der Waals surface area contributed by atoms with Crippen LogP contribution in [0.5, 0.6) is 0 Å². The zero-order chi connectivity index (χ0) is 14.2. The first-order chi connectivity index (χ1) is 9.78. The highest BCUT2D eigenvalue weighted by Crippen LogP contribution is 2.11. The summed E-state index contributed by atoms with van der Waals surface area (Å²) in [5.74, 6) is 0.753. The summed E-state index contributed by atoms with van der Waals surface area (Å²) in [6.07, 6.45) is 1.11. The predicted octanol–water partition coefficient (Wildman–Crippen LogP) is 3.26. The molecule has 2 rings (SSSR count). The highest BCUT2D eigenvalue weighted by atomic mass is 16.5. The third-order valence-electron chi connectivity index (χ3n) is 2.60. The number of nitrogens with zero attached hydrogens (tertiary/aromatic N) is 1. The van der Waals surface area contributed by atoms with Gasteiger partial charge in [-0.2, -0.15) is 0 Å². The van der Waals surface area contributed by atoms with Gasteiger partial charge in [0.1, 0.15) is 5.82 Å². The first-order valence-electron chi connectivity index (χ1n) is 6.45. The van der Waals surface area contributed by atoms with Gasteiger partial charge in [0.05, 0.1) is 18.5 Å². The molecule has 5 heteroatoms. The first-order valence-corrected chi connectivity index (χ1v) is 6.45. The number of hydrogen-bond acceptors (Lipinski definition) is 4. The molecule has 104 valence electrons. The lowest BCUT2D eigenvalue weighted by Gasteiger charge is -2.07. The van der Waals surface area contributed by atoms with E-state index in [2.05, 4.69) is 15.6 Å². The van der Waals surface area contributed by atoms with Crippen LogP contribution in [0.4, 0.5) is 16.3 Å². The highest BCUT2D eigenvalue weighted by molar-refractivity contribution is 5.84. The van der Waals surface area contributed by atoms with Crippen LogP contribution in [0.1, 0.15) is 12.5 Å². The van der Waals surface area contributed by atoms with E-state index < -0.39 is 6.09 Å². The van der Waals surface area contributed by atoms with Gasteiger partial charge in [-0.3, -0.25) is 5.32 Å². The lowest BCUT2D eigenvalue weighted by Crippen LogP contribution is -2.13. The minimum atomic E-state index is -0.473. The van der Waals surface area contributed by atoms with Gasteiger partial charge in [-0.05, 0) is 24.6 Å². The Kier molecular flexibility index (Phi) is 4.94. The third kappa shape index (κ3) is 4.28. The molecule has 0 spiro atoms. The number of carbonyl (C=O) groups is 1. The molecule has 0 atom stereocenters. The van der Waals surface area contributed by atoms with Crippen molar-refractivity contribution >= 4 is 17.6 Å². The Balaban J connectivity index is 1.87. The van der Waals surface area contributed by atoms with Crippen molar-refractivity contribution in [1.82, 2.24) is 4.98 Å². The van der Waals surface area contributed by atoms with Crippen molar-refractivity contribution in [2.45, 2.75) is 13.5 Å². The summed E-state index contributed by atoms with van der Waals surface area (Å²) in [4.78, 5) is 15.5. The number of carbonyl (C=O) groups excluding carboxylic acids is 1. The van der Waals surface area contributed by atoms with Gasteiger partial charge in [0, 0.05) is 6.54 Å². The maximum Gasteiger partial charge on any atom is 0.411 e. The van der Waals surface area contributed by atoms with Crippen molar-refractivity contribution in [1.29, 1.82) is 0 Å². The molecule has 1 amide bonds. The molecule has 0 saturated heterocycles. The van der Waals surface area contributed by atoms with Crippen LogP contribution in [-0.4, -0.2) is 17.7 Å². The van der Waals surface area contributed by atoms with E-state index >= 15 is 0 Å². The monoisotopic (exact) mass is 271 g/mol. The molecule has 1 heterocycles. The lowest BCUT2D eigenvalue weighted by atomic mass is 10.2. The molecular formula is C15H17N3O2. The van der Waals surface area contributed by atoms with Gasteiger partial charge in [0.15, 0.2) is 0 Å². The number of aromatic nitrogens is 1. The largest absolute Gasteiger partial charge is 0.450 e. The second-order valence-corrected chi connectivity index (χ2v) is 4.12. The van der Waals surface area contributed by atoms with Crippen LogP contribution in [0, 0.1) is 0 Å². The van der Waals surface area contributed by atoms with Crippen LogP contribution in [0.25, 0.3) is 0 Å². The Morgan fingerprint density at radius 1 is 1.20 bits per heavy atom. The van der Waals surface area contributed by atoms with Crippen LogP contribution in [-0.2, 0) is 11.3 Å². The fourth-order valence-electron chi connectivity index (χ4n) is 1.65. The molecule has 2 aromatic rings. The molecule has 0 aliphatic rings. The molecule has 0 bridgehead atoms. The molecular weight excluding hydrogens is 254 g/mol. The molecule has 1 aromatic heterocycles. The van der Waals surface area contributed by atoms with E-state index in [0.29, 0.717) is 18.8 Å². The minimum Gasteiger partial charge on any atom is -0.450 e. The topological polar surface area (TPSA) is 63.2 Å². The summed E-state index contributed by atoms with van der Waals surface area (Å²) in [6, 6.07) is 13.7. The van der Waals surface area contributed by atoms with Crippen LogP contribution in [0.3, 0.4) is 0 Å². The summed E-state index contributed by atoms with van der Waals surface area (Å²) < 4.78 is 4.79. The van der Waals surface area contributed by atoms with Gasteiger partial charge in [-0.25, -0.2) is 9.78 Å². The van der Waals surface area contributed by atoms with E-state index in [0.717, 1.165) is 5.82 Å². The second-order valence-electron chi connectivity index (χ2n) is 4.12. The summed E-state index contributed by atoms with van der Waals surface area (Å²) >= 11 is 0. The molecule has 0 unspecified atom stereocenters. The molecule has 1 aromatic carbocycles. The average molecular weight is 271 g/mol. The number of ether oxygens (including phenoxy) is 1. The maximum atomic E-state index is 11.2. The predicted molar refractivity (Wildman–Crippen MR) is 78.7 cm³/mol. The fraction of sp³-hybridized carbons (Fsp3) is 0.200. The van der Waals surface area contributed by atoms with Gasteiger partial charge >= 0.3 is 6.09 Å². The normalized spacial score (nSPS) is 9.85. The second kappa shape index (κ2) is 7.13. The van der Waals surface area contributed by atoms with Crippen LogP contribution < -0.4 is 10.6 Å². The van der Waals surface area contributed by atoms with Gasteiger partial charge in [0.25, 0.3) is 0 Å². The minimum absolute atomic E-state index is 0.343. The van der Waals surface area contributed by atoms with E-state index in [9.17, 15) is 4.79 Å². The quantitative estimate of drug-likeness (QED) is 0.876. The molecule has 0 fully saturated rings. The Bertz CT molecular complexity index is 541. The Hall–Kier alpha value is -2.56. The van der Waals surface area contributed by atoms with Gasteiger partial charge in [-0.1, -0.05) is 30.3 Å². The van der Waals surface area contributed by atoms with Crippen molar-refractivity contribution in [3.05, 3.63) is 54.2 Å². The zero-order valence-electron chi connectivity index (χ0n) is 11.3. The third-order valence-corrected chi connectivity index (χ3v) is 2.60. The number of pyridine rings is 1. The van der Waals surface area contributed by atoms with Crippen molar-refractivity contribution < 1.29 is 9.53 Å². The number of amides is 1. The summed E-state index contributed by atoms with van der Waals surface area (Å²) in [7, 11) is 0. The fourth-order valence-corrected chi connectivity index (χ4v) is 1.65. The zero-order valence-corrected chi connectivity index (χ0v) is 11.3. The lowest BCUT2D eigenvalue weighted by molar-refractivity contribution is 0.168. The summed E-state index contributed by atoms with van der Waals surface area (Å²) in [5, 5.41) is 5.80. The number of rotatable bonds is 5. The molecule has 20 heavy (non-hydrogen) atoms. The average Bonchev–Trinajstić information content (AvgIpc) is 2.48. The van der Waals surface area contributed by atoms with Crippen molar-refractivity contribution in [3.63, 3.8) is 0 Å². The summed E-state index contributed by atoms with van der Waals surface area (Å²) in [6.45, 7) is 2.81. The molecule has 5 nitrogen and oxygen atoms in total. The number of anilines is 2. The SMILES string of the molecule is CCOC(=O)Nc1ccc(NCc2ccccc2)nc1. The number of benzene rings is 1.